The lowest BCUT2D eigenvalue weighted by atomic mass is 10.1. The number of amides is 1. The summed E-state index contributed by atoms with van der Waals surface area (Å²) in [5.74, 6) is -0.163. The summed E-state index contributed by atoms with van der Waals surface area (Å²) in [5.41, 5.74) is 4.11. The molecule has 0 radical (unpaired) electrons. The first kappa shape index (κ1) is 23.5. The number of thioether (sulfide) groups is 1. The number of carboxylic acids is 1. The minimum Gasteiger partial charge on any atom is -0.480 e. The van der Waals surface area contributed by atoms with Crippen LogP contribution < -0.4 is 5.32 Å². The van der Waals surface area contributed by atoms with E-state index in [-0.39, 0.29) is 5.91 Å². The molecule has 1 amide bonds. The SMILES string of the molecule is CC(=O)NC(CSC/C=C(\C)CC/C=C(/C)CCC=C(C)C)C(=O)O. The largest absolute Gasteiger partial charge is 0.480 e. The predicted octanol–water partition coefficient (Wildman–Crippen LogP) is 4.73. The highest BCUT2D eigenvalue weighted by Gasteiger charge is 2.17. The number of nitrogens with one attached hydrogen (secondary N) is 1. The molecule has 1 atom stereocenters. The molecule has 0 saturated carbocycles. The fourth-order valence-electron chi connectivity index (χ4n) is 2.15. The van der Waals surface area contributed by atoms with Crippen molar-refractivity contribution >= 4 is 23.6 Å². The number of allylic oxidation sites excluding steroid dienone is 5. The standard InChI is InChI=1S/C20H33NO3S/c1-15(2)8-6-9-16(3)10-7-11-17(4)12-13-25-14-19(20(23)24)21-18(5)22/h8,10,12,19H,6-7,9,11,13-14H2,1-5H3,(H,21,22)(H,23,24)/b16-10-,17-12+. The summed E-state index contributed by atoms with van der Waals surface area (Å²) in [6.07, 6.45) is 11.0. The van der Waals surface area contributed by atoms with Gasteiger partial charge >= 0.3 is 5.97 Å². The van der Waals surface area contributed by atoms with E-state index in [0.717, 1.165) is 31.4 Å². The molecule has 0 aromatic carbocycles. The van der Waals surface area contributed by atoms with Crippen molar-refractivity contribution in [3.05, 3.63) is 34.9 Å². The Balaban J connectivity index is 4.07. The third-order valence-electron chi connectivity index (χ3n) is 3.63. The van der Waals surface area contributed by atoms with Crippen LogP contribution in [0.2, 0.25) is 0 Å². The van der Waals surface area contributed by atoms with Gasteiger partial charge in [-0.3, -0.25) is 4.79 Å². The van der Waals surface area contributed by atoms with Crippen LogP contribution in [0.1, 0.15) is 60.3 Å². The van der Waals surface area contributed by atoms with E-state index in [1.165, 1.54) is 35.4 Å². The van der Waals surface area contributed by atoms with Crippen LogP contribution in [0.5, 0.6) is 0 Å². The van der Waals surface area contributed by atoms with Gasteiger partial charge in [-0.1, -0.05) is 34.9 Å². The molecule has 0 aromatic rings. The summed E-state index contributed by atoms with van der Waals surface area (Å²) in [4.78, 5) is 22.0. The van der Waals surface area contributed by atoms with Gasteiger partial charge in [-0.25, -0.2) is 4.79 Å². The molecule has 142 valence electrons. The second kappa shape index (κ2) is 13.8. The van der Waals surface area contributed by atoms with E-state index < -0.39 is 12.0 Å². The van der Waals surface area contributed by atoms with E-state index >= 15 is 0 Å². The van der Waals surface area contributed by atoms with E-state index in [1.54, 1.807) is 0 Å². The Labute approximate surface area is 156 Å². The Morgan fingerprint density at radius 2 is 1.52 bits per heavy atom. The fourth-order valence-corrected chi connectivity index (χ4v) is 3.15. The Hall–Kier alpha value is -1.49. The maximum Gasteiger partial charge on any atom is 0.327 e. The first-order valence-electron chi connectivity index (χ1n) is 8.74. The molecule has 0 fully saturated rings. The molecule has 0 spiro atoms. The molecular weight excluding hydrogens is 334 g/mol. The van der Waals surface area contributed by atoms with Gasteiger partial charge in [-0.2, -0.15) is 11.8 Å². The molecule has 0 aliphatic rings. The van der Waals surface area contributed by atoms with Crippen LogP contribution in [0.4, 0.5) is 0 Å². The summed E-state index contributed by atoms with van der Waals surface area (Å²) in [5, 5.41) is 11.5. The normalized spacial score (nSPS) is 13.3. The molecule has 0 aliphatic heterocycles. The lowest BCUT2D eigenvalue weighted by molar-refractivity contribution is -0.140. The number of carbonyl (C=O) groups excluding carboxylic acids is 1. The minimum atomic E-state index is -0.989. The zero-order valence-corrected chi connectivity index (χ0v) is 17.0. The monoisotopic (exact) mass is 367 g/mol. The molecule has 0 aliphatic carbocycles. The molecule has 0 saturated heterocycles. The van der Waals surface area contributed by atoms with Crippen LogP contribution in [0.25, 0.3) is 0 Å². The molecule has 4 nitrogen and oxygen atoms in total. The zero-order chi connectivity index (χ0) is 19.2. The lowest BCUT2D eigenvalue weighted by Crippen LogP contribution is -2.41. The third kappa shape index (κ3) is 14.6. The van der Waals surface area contributed by atoms with Gasteiger partial charge in [0, 0.05) is 18.4 Å². The second-order valence-electron chi connectivity index (χ2n) is 6.59. The van der Waals surface area contributed by atoms with E-state index in [0.29, 0.717) is 5.75 Å². The summed E-state index contributed by atoms with van der Waals surface area (Å²) in [6.45, 7) is 9.87. The second-order valence-corrected chi connectivity index (χ2v) is 7.66. The Morgan fingerprint density at radius 3 is 2.04 bits per heavy atom. The molecule has 2 N–H and O–H groups in total. The van der Waals surface area contributed by atoms with Crippen molar-refractivity contribution in [2.45, 2.75) is 66.3 Å². The Morgan fingerprint density at radius 1 is 0.960 bits per heavy atom. The van der Waals surface area contributed by atoms with Gasteiger partial charge in [-0.05, 0) is 53.4 Å². The van der Waals surface area contributed by atoms with Crippen molar-refractivity contribution in [1.29, 1.82) is 0 Å². The predicted molar refractivity (Wildman–Crippen MR) is 108 cm³/mol. The lowest BCUT2D eigenvalue weighted by Gasteiger charge is -2.12. The third-order valence-corrected chi connectivity index (χ3v) is 4.60. The highest BCUT2D eigenvalue weighted by molar-refractivity contribution is 7.99. The van der Waals surface area contributed by atoms with Gasteiger partial charge in [-0.15, -0.1) is 0 Å². The molecule has 0 heterocycles. The molecule has 5 heteroatoms. The Bertz CT molecular complexity index is 517. The summed E-state index contributed by atoms with van der Waals surface area (Å²) in [6, 6.07) is -0.817. The first-order valence-corrected chi connectivity index (χ1v) is 9.90. The van der Waals surface area contributed by atoms with Gasteiger partial charge in [0.15, 0.2) is 0 Å². The number of rotatable bonds is 12. The van der Waals surface area contributed by atoms with Crippen LogP contribution >= 0.6 is 11.8 Å². The van der Waals surface area contributed by atoms with Crippen molar-refractivity contribution in [2.75, 3.05) is 11.5 Å². The van der Waals surface area contributed by atoms with Crippen LogP contribution in [-0.2, 0) is 9.59 Å². The molecule has 1 unspecified atom stereocenters. The zero-order valence-electron chi connectivity index (χ0n) is 16.2. The van der Waals surface area contributed by atoms with Gasteiger partial charge in [0.1, 0.15) is 6.04 Å². The first-order chi connectivity index (χ1) is 11.7. The van der Waals surface area contributed by atoms with Crippen molar-refractivity contribution in [3.63, 3.8) is 0 Å². The quantitative estimate of drug-likeness (QED) is 0.387. The maximum atomic E-state index is 11.0. The van der Waals surface area contributed by atoms with Gasteiger partial charge in [0.05, 0.1) is 0 Å². The molecular formula is C20H33NO3S. The summed E-state index contributed by atoms with van der Waals surface area (Å²) in [7, 11) is 0. The van der Waals surface area contributed by atoms with Crippen LogP contribution in [-0.4, -0.2) is 34.5 Å². The summed E-state index contributed by atoms with van der Waals surface area (Å²) >= 11 is 1.52. The van der Waals surface area contributed by atoms with Crippen LogP contribution in [0.15, 0.2) is 34.9 Å². The van der Waals surface area contributed by atoms with Gasteiger partial charge < -0.3 is 10.4 Å². The topological polar surface area (TPSA) is 66.4 Å². The number of hydrogen-bond donors (Lipinski definition) is 2. The highest BCUT2D eigenvalue weighted by Crippen LogP contribution is 2.13. The maximum absolute atomic E-state index is 11.0. The van der Waals surface area contributed by atoms with E-state index in [4.69, 9.17) is 5.11 Å². The van der Waals surface area contributed by atoms with E-state index in [1.807, 2.05) is 0 Å². The van der Waals surface area contributed by atoms with E-state index in [2.05, 4.69) is 51.2 Å². The van der Waals surface area contributed by atoms with Crippen molar-refractivity contribution < 1.29 is 14.7 Å². The van der Waals surface area contributed by atoms with Crippen molar-refractivity contribution in [2.24, 2.45) is 0 Å². The van der Waals surface area contributed by atoms with Gasteiger partial charge in [0.25, 0.3) is 0 Å². The molecule has 0 rings (SSSR count). The molecule has 0 bridgehead atoms. The number of carbonyl (C=O) groups is 2. The van der Waals surface area contributed by atoms with Gasteiger partial charge in [0.2, 0.25) is 5.91 Å². The highest BCUT2D eigenvalue weighted by atomic mass is 32.2. The summed E-state index contributed by atoms with van der Waals surface area (Å²) < 4.78 is 0. The number of aliphatic carboxylic acids is 1. The average Bonchev–Trinajstić information content (AvgIpc) is 2.49. The fraction of sp³-hybridized carbons (Fsp3) is 0.600. The average molecular weight is 368 g/mol. The van der Waals surface area contributed by atoms with Crippen molar-refractivity contribution in [3.8, 4) is 0 Å². The number of carboxylic acid groups (broad SMARTS) is 1. The van der Waals surface area contributed by atoms with E-state index in [9.17, 15) is 9.59 Å². The van der Waals surface area contributed by atoms with Crippen LogP contribution in [0.3, 0.4) is 0 Å². The van der Waals surface area contributed by atoms with Crippen molar-refractivity contribution in [1.82, 2.24) is 5.32 Å². The van der Waals surface area contributed by atoms with Crippen LogP contribution in [0, 0.1) is 0 Å². The molecule has 0 aromatic heterocycles. The number of hydrogen-bond acceptors (Lipinski definition) is 3. The Kier molecular flexibility index (Phi) is 12.9. The molecule has 25 heavy (non-hydrogen) atoms. The smallest absolute Gasteiger partial charge is 0.327 e. The minimum absolute atomic E-state index is 0.313.